The van der Waals surface area contributed by atoms with Gasteiger partial charge < -0.3 is 0 Å². The van der Waals surface area contributed by atoms with E-state index in [1.807, 2.05) is 36.4 Å². The molecule has 0 amide bonds. The molecule has 0 heterocycles. The van der Waals surface area contributed by atoms with Crippen molar-refractivity contribution in [3.05, 3.63) is 47.2 Å². The lowest BCUT2D eigenvalue weighted by Crippen LogP contribution is -1.67. The molecule has 0 atom stereocenters. The van der Waals surface area contributed by atoms with Crippen molar-refractivity contribution < 1.29 is 0 Å². The van der Waals surface area contributed by atoms with Gasteiger partial charge in [0.15, 0.2) is 0 Å². The van der Waals surface area contributed by atoms with Crippen molar-refractivity contribution in [3.63, 3.8) is 0 Å². The Labute approximate surface area is 72.3 Å². The number of nitriles is 1. The molecule has 1 nitrogen and oxygen atoms in total. The maximum atomic E-state index is 8.44. The molecule has 12 heavy (non-hydrogen) atoms. The summed E-state index contributed by atoms with van der Waals surface area (Å²) in [6.45, 7) is 1.74. The normalized spacial score (nSPS) is 8.00. The van der Waals surface area contributed by atoms with Crippen LogP contribution < -0.4 is 0 Å². The Kier molecular flexibility index (Phi) is 2.90. The molecule has 1 rings (SSSR count). The van der Waals surface area contributed by atoms with E-state index < -0.39 is 0 Å². The van der Waals surface area contributed by atoms with Crippen LogP contribution in [0, 0.1) is 11.3 Å². The zero-order valence-electron chi connectivity index (χ0n) is 6.91. The SMILES string of the molecule is CC(=C=Cc1ccccc1)C#N. The highest BCUT2D eigenvalue weighted by atomic mass is 14.2. The lowest BCUT2D eigenvalue weighted by Gasteiger charge is -1.86. The molecule has 1 aromatic carbocycles. The minimum absolute atomic E-state index is 0.596. The highest BCUT2D eigenvalue weighted by molar-refractivity contribution is 5.49. The molecule has 0 unspecified atom stereocenters. The maximum absolute atomic E-state index is 8.44. The molecule has 0 aromatic heterocycles. The fourth-order valence-electron chi connectivity index (χ4n) is 0.773. The summed E-state index contributed by atoms with van der Waals surface area (Å²) in [6, 6.07) is 11.8. The molecule has 58 valence electrons. The molecule has 0 radical (unpaired) electrons. The summed E-state index contributed by atoms with van der Waals surface area (Å²) < 4.78 is 0. The Balaban J connectivity index is 2.92. The molecular weight excluding hydrogens is 146 g/mol. The summed E-state index contributed by atoms with van der Waals surface area (Å²) in [6.07, 6.45) is 1.80. The smallest absolute Gasteiger partial charge is 0.103 e. The molecule has 0 spiro atoms. The van der Waals surface area contributed by atoms with Crippen LogP contribution in [-0.4, -0.2) is 0 Å². The van der Waals surface area contributed by atoms with Gasteiger partial charge in [-0.1, -0.05) is 30.3 Å². The van der Waals surface area contributed by atoms with Crippen LogP contribution in [0.25, 0.3) is 6.08 Å². The Morgan fingerprint density at radius 2 is 2.00 bits per heavy atom. The van der Waals surface area contributed by atoms with Gasteiger partial charge in [0, 0.05) is 0 Å². The van der Waals surface area contributed by atoms with E-state index in [9.17, 15) is 0 Å². The summed E-state index contributed by atoms with van der Waals surface area (Å²) in [5, 5.41) is 8.44. The summed E-state index contributed by atoms with van der Waals surface area (Å²) in [5.41, 5.74) is 4.54. The van der Waals surface area contributed by atoms with Crippen molar-refractivity contribution in [1.82, 2.24) is 0 Å². The molecular formula is C11H9N. The van der Waals surface area contributed by atoms with E-state index in [1.165, 1.54) is 0 Å². The highest BCUT2D eigenvalue weighted by Gasteiger charge is 1.81. The number of hydrogen-bond donors (Lipinski definition) is 0. The van der Waals surface area contributed by atoms with E-state index >= 15 is 0 Å². The third-order valence-corrected chi connectivity index (χ3v) is 1.42. The van der Waals surface area contributed by atoms with Crippen LogP contribution >= 0.6 is 0 Å². The lowest BCUT2D eigenvalue weighted by atomic mass is 10.2. The summed E-state index contributed by atoms with van der Waals surface area (Å²) in [4.78, 5) is 0. The number of benzene rings is 1. The first-order chi connectivity index (χ1) is 5.83. The molecule has 0 bridgehead atoms. The first-order valence-corrected chi connectivity index (χ1v) is 3.71. The standard InChI is InChI=1S/C11H9N/c1-10(9-12)7-8-11-5-3-2-4-6-11/h2-6,8H,1H3. The van der Waals surface area contributed by atoms with Crippen molar-refractivity contribution in [3.8, 4) is 6.07 Å². The number of allylic oxidation sites excluding steroid dienone is 1. The molecule has 0 aliphatic heterocycles. The third kappa shape index (κ3) is 2.46. The van der Waals surface area contributed by atoms with E-state index in [4.69, 9.17) is 5.26 Å². The van der Waals surface area contributed by atoms with E-state index in [1.54, 1.807) is 13.0 Å². The molecule has 1 heteroatoms. The van der Waals surface area contributed by atoms with Gasteiger partial charge in [0.1, 0.15) is 6.07 Å². The quantitative estimate of drug-likeness (QED) is 0.452. The van der Waals surface area contributed by atoms with Gasteiger partial charge in [-0.15, -0.1) is 5.73 Å². The van der Waals surface area contributed by atoms with Crippen LogP contribution in [0.1, 0.15) is 12.5 Å². The first kappa shape index (κ1) is 8.33. The van der Waals surface area contributed by atoms with Crippen molar-refractivity contribution in [2.24, 2.45) is 0 Å². The monoisotopic (exact) mass is 155 g/mol. The Morgan fingerprint density at radius 1 is 1.33 bits per heavy atom. The van der Waals surface area contributed by atoms with Gasteiger partial charge in [-0.05, 0) is 18.6 Å². The zero-order valence-corrected chi connectivity index (χ0v) is 6.91. The fourth-order valence-corrected chi connectivity index (χ4v) is 0.773. The molecule has 1 aromatic rings. The minimum atomic E-state index is 0.596. The average Bonchev–Trinajstić information content (AvgIpc) is 2.16. The molecule has 0 aliphatic rings. The largest absolute Gasteiger partial charge is 0.192 e. The number of hydrogen-bond acceptors (Lipinski definition) is 1. The summed E-state index contributed by atoms with van der Waals surface area (Å²) >= 11 is 0. The highest BCUT2D eigenvalue weighted by Crippen LogP contribution is 2.00. The number of rotatable bonds is 1. The maximum Gasteiger partial charge on any atom is 0.103 e. The molecule has 0 saturated heterocycles. The molecule has 0 aliphatic carbocycles. The summed E-state index contributed by atoms with van der Waals surface area (Å²) in [7, 11) is 0. The zero-order chi connectivity index (χ0) is 8.81. The second-order valence-corrected chi connectivity index (χ2v) is 2.44. The van der Waals surface area contributed by atoms with Crippen LogP contribution in [0.15, 0.2) is 41.6 Å². The van der Waals surface area contributed by atoms with Crippen molar-refractivity contribution >= 4 is 6.08 Å². The van der Waals surface area contributed by atoms with Crippen LogP contribution in [0.4, 0.5) is 0 Å². The summed E-state index contributed by atoms with van der Waals surface area (Å²) in [5.74, 6) is 0. The molecule has 0 N–H and O–H groups in total. The van der Waals surface area contributed by atoms with Gasteiger partial charge in [-0.2, -0.15) is 5.26 Å². The van der Waals surface area contributed by atoms with Gasteiger partial charge in [-0.3, -0.25) is 0 Å². The topological polar surface area (TPSA) is 23.8 Å². The second kappa shape index (κ2) is 4.18. The van der Waals surface area contributed by atoms with Gasteiger partial charge in [0.25, 0.3) is 0 Å². The average molecular weight is 155 g/mol. The van der Waals surface area contributed by atoms with E-state index in [2.05, 4.69) is 5.73 Å². The van der Waals surface area contributed by atoms with Gasteiger partial charge in [-0.25, -0.2) is 0 Å². The second-order valence-electron chi connectivity index (χ2n) is 2.44. The van der Waals surface area contributed by atoms with Crippen LogP contribution in [0.3, 0.4) is 0 Å². The van der Waals surface area contributed by atoms with Gasteiger partial charge >= 0.3 is 0 Å². The molecule has 0 saturated carbocycles. The Morgan fingerprint density at radius 3 is 2.58 bits per heavy atom. The first-order valence-electron chi connectivity index (χ1n) is 3.71. The number of nitrogens with zero attached hydrogens (tertiary/aromatic N) is 1. The van der Waals surface area contributed by atoms with E-state index in [0.717, 1.165) is 5.56 Å². The van der Waals surface area contributed by atoms with Gasteiger partial charge in [0.2, 0.25) is 0 Å². The predicted octanol–water partition coefficient (Wildman–Crippen LogP) is 2.77. The van der Waals surface area contributed by atoms with E-state index in [0.29, 0.717) is 5.57 Å². The predicted molar refractivity (Wildman–Crippen MR) is 49.2 cm³/mol. The van der Waals surface area contributed by atoms with Crippen molar-refractivity contribution in [2.45, 2.75) is 6.92 Å². The fraction of sp³-hybridized carbons (Fsp3) is 0.0909. The molecule has 0 fully saturated rings. The van der Waals surface area contributed by atoms with Crippen molar-refractivity contribution in [1.29, 1.82) is 5.26 Å². The van der Waals surface area contributed by atoms with Gasteiger partial charge in [0.05, 0.1) is 5.57 Å². The van der Waals surface area contributed by atoms with Crippen LogP contribution in [0.2, 0.25) is 0 Å². The lowest BCUT2D eigenvalue weighted by molar-refractivity contribution is 1.45. The Bertz CT molecular complexity index is 348. The van der Waals surface area contributed by atoms with E-state index in [-0.39, 0.29) is 0 Å². The van der Waals surface area contributed by atoms with Crippen LogP contribution in [0.5, 0.6) is 0 Å². The third-order valence-electron chi connectivity index (χ3n) is 1.42. The van der Waals surface area contributed by atoms with Crippen molar-refractivity contribution in [2.75, 3.05) is 0 Å². The Hall–Kier alpha value is -1.77. The minimum Gasteiger partial charge on any atom is -0.192 e. The van der Waals surface area contributed by atoms with Crippen LogP contribution in [-0.2, 0) is 0 Å².